The van der Waals surface area contributed by atoms with Crippen LogP contribution in [-0.2, 0) is 16.6 Å². The molecule has 0 fully saturated rings. The summed E-state index contributed by atoms with van der Waals surface area (Å²) >= 11 is 0. The van der Waals surface area contributed by atoms with Crippen LogP contribution < -0.4 is 5.14 Å². The second kappa shape index (κ2) is 5.74. The van der Waals surface area contributed by atoms with Gasteiger partial charge >= 0.3 is 0 Å². The molecule has 3 rings (SSSR count). The minimum Gasteiger partial charge on any atom is -0.314 e. The summed E-state index contributed by atoms with van der Waals surface area (Å²) < 4.78 is 22.6. The van der Waals surface area contributed by atoms with E-state index in [1.54, 1.807) is 18.2 Å². The highest BCUT2D eigenvalue weighted by Crippen LogP contribution is 2.35. The Morgan fingerprint density at radius 1 is 1.21 bits per heavy atom. The maximum atomic E-state index is 12.6. The Balaban J connectivity index is 1.91. The van der Waals surface area contributed by atoms with E-state index in [1.807, 2.05) is 19.1 Å². The first-order valence-corrected chi connectivity index (χ1v) is 8.79. The normalized spacial score (nSPS) is 16.8. The fraction of sp³-hybridized carbons (Fsp3) is 0.176. The number of hydrogen-bond acceptors (Lipinski definition) is 4. The first-order valence-electron chi connectivity index (χ1n) is 7.24. The summed E-state index contributed by atoms with van der Waals surface area (Å²) in [6.45, 7) is 2.13. The number of nitrogens with two attached hydrogens (primary N) is 1. The molecule has 1 aliphatic rings. The van der Waals surface area contributed by atoms with Crippen LogP contribution in [0, 0.1) is 18.3 Å². The van der Waals surface area contributed by atoms with Crippen molar-refractivity contribution in [2.45, 2.75) is 24.4 Å². The molecule has 2 aromatic rings. The third-order valence-corrected chi connectivity index (χ3v) is 4.96. The predicted molar refractivity (Wildman–Crippen MR) is 87.2 cm³/mol. The van der Waals surface area contributed by atoms with Gasteiger partial charge < -0.3 is 4.90 Å². The molecule has 1 atom stereocenters. The molecular weight excluding hydrogens is 326 g/mol. The number of fused-ring (bicyclic) bond motifs is 1. The fourth-order valence-electron chi connectivity index (χ4n) is 2.83. The van der Waals surface area contributed by atoms with Gasteiger partial charge in [0.15, 0.2) is 0 Å². The second-order valence-corrected chi connectivity index (χ2v) is 7.31. The van der Waals surface area contributed by atoms with Gasteiger partial charge in [-0.05, 0) is 30.7 Å². The van der Waals surface area contributed by atoms with Crippen molar-refractivity contribution in [3.63, 3.8) is 0 Å². The van der Waals surface area contributed by atoms with E-state index in [1.165, 1.54) is 17.0 Å². The number of carbonyl (C=O) groups is 1. The van der Waals surface area contributed by atoms with Crippen LogP contribution in [0.3, 0.4) is 0 Å². The van der Waals surface area contributed by atoms with Crippen LogP contribution >= 0.6 is 0 Å². The first-order chi connectivity index (χ1) is 11.3. The molecule has 0 saturated carbocycles. The van der Waals surface area contributed by atoms with Gasteiger partial charge in [0.1, 0.15) is 6.04 Å². The SMILES string of the molecule is Cc1ccc2c(c1)C(C#N)N(Cc1ccc(S(N)(=O)=O)cc1)C2=O. The molecule has 0 spiro atoms. The standard InChI is InChI=1S/C17H15N3O3S/c1-11-2-7-14-15(8-11)16(9-18)20(17(14)21)10-12-3-5-13(6-4-12)24(19,22)23/h2-8,16H,10H2,1H3,(H2,19,22,23). The van der Waals surface area contributed by atoms with Crippen molar-refractivity contribution in [3.8, 4) is 6.07 Å². The summed E-state index contributed by atoms with van der Waals surface area (Å²) in [6.07, 6.45) is 0. The molecule has 1 unspecified atom stereocenters. The van der Waals surface area contributed by atoms with Gasteiger partial charge in [-0.2, -0.15) is 5.26 Å². The Kier molecular flexibility index (Phi) is 3.87. The Bertz CT molecular complexity index is 960. The van der Waals surface area contributed by atoms with E-state index in [-0.39, 0.29) is 17.3 Å². The lowest BCUT2D eigenvalue weighted by atomic mass is 10.0. The van der Waals surface area contributed by atoms with Gasteiger partial charge in [0.2, 0.25) is 10.0 Å². The molecule has 0 aromatic heterocycles. The number of nitriles is 1. The monoisotopic (exact) mass is 341 g/mol. The highest BCUT2D eigenvalue weighted by molar-refractivity contribution is 7.89. The number of primary sulfonamides is 1. The van der Waals surface area contributed by atoms with Gasteiger partial charge in [-0.25, -0.2) is 13.6 Å². The lowest BCUT2D eigenvalue weighted by Crippen LogP contribution is -2.26. The van der Waals surface area contributed by atoms with Gasteiger partial charge in [0.25, 0.3) is 5.91 Å². The number of nitrogens with zero attached hydrogens (tertiary/aromatic N) is 2. The largest absolute Gasteiger partial charge is 0.314 e. The third kappa shape index (κ3) is 2.77. The minimum absolute atomic E-state index is 0.00902. The van der Waals surface area contributed by atoms with E-state index in [0.29, 0.717) is 11.1 Å². The summed E-state index contributed by atoms with van der Waals surface area (Å²) in [4.78, 5) is 14.1. The first kappa shape index (κ1) is 16.2. The smallest absolute Gasteiger partial charge is 0.255 e. The lowest BCUT2D eigenvalue weighted by Gasteiger charge is -2.20. The van der Waals surface area contributed by atoms with Gasteiger partial charge in [-0.3, -0.25) is 4.79 Å². The zero-order valence-corrected chi connectivity index (χ0v) is 13.7. The molecular formula is C17H15N3O3S. The Labute approximate surface area is 140 Å². The van der Waals surface area contributed by atoms with Gasteiger partial charge in [-0.1, -0.05) is 29.8 Å². The molecule has 0 radical (unpaired) electrons. The van der Waals surface area contributed by atoms with E-state index in [0.717, 1.165) is 11.1 Å². The van der Waals surface area contributed by atoms with Crippen LogP contribution in [0.15, 0.2) is 47.4 Å². The van der Waals surface area contributed by atoms with Gasteiger partial charge in [0, 0.05) is 17.7 Å². The summed E-state index contributed by atoms with van der Waals surface area (Å²) in [7, 11) is -3.75. The highest BCUT2D eigenvalue weighted by atomic mass is 32.2. The van der Waals surface area contributed by atoms with Crippen molar-refractivity contribution in [2.75, 3.05) is 0 Å². The average Bonchev–Trinajstić information content (AvgIpc) is 2.78. The molecule has 2 aromatic carbocycles. The van der Waals surface area contributed by atoms with Crippen LogP contribution in [-0.4, -0.2) is 19.2 Å². The number of aryl methyl sites for hydroxylation is 1. The second-order valence-electron chi connectivity index (χ2n) is 5.74. The van der Waals surface area contributed by atoms with E-state index < -0.39 is 16.1 Å². The van der Waals surface area contributed by atoms with Crippen LogP contribution in [0.1, 0.15) is 33.1 Å². The number of carbonyl (C=O) groups excluding carboxylic acids is 1. The molecule has 24 heavy (non-hydrogen) atoms. The summed E-state index contributed by atoms with van der Waals surface area (Å²) in [5, 5.41) is 14.6. The van der Waals surface area contributed by atoms with Crippen LogP contribution in [0.5, 0.6) is 0 Å². The van der Waals surface area contributed by atoms with Crippen molar-refractivity contribution in [2.24, 2.45) is 5.14 Å². The molecule has 0 saturated heterocycles. The van der Waals surface area contributed by atoms with Gasteiger partial charge in [-0.15, -0.1) is 0 Å². The van der Waals surface area contributed by atoms with Crippen molar-refractivity contribution in [1.29, 1.82) is 5.26 Å². The molecule has 7 heteroatoms. The van der Waals surface area contributed by atoms with E-state index in [9.17, 15) is 18.5 Å². The molecule has 2 N–H and O–H groups in total. The highest BCUT2D eigenvalue weighted by Gasteiger charge is 2.36. The average molecular weight is 341 g/mol. The number of benzene rings is 2. The Hall–Kier alpha value is -2.69. The molecule has 6 nitrogen and oxygen atoms in total. The maximum absolute atomic E-state index is 12.6. The topological polar surface area (TPSA) is 104 Å². The van der Waals surface area contributed by atoms with Crippen LogP contribution in [0.25, 0.3) is 0 Å². The van der Waals surface area contributed by atoms with E-state index in [4.69, 9.17) is 5.14 Å². The number of hydrogen-bond donors (Lipinski definition) is 1. The van der Waals surface area contributed by atoms with Crippen molar-refractivity contribution >= 4 is 15.9 Å². The lowest BCUT2D eigenvalue weighted by molar-refractivity contribution is 0.0744. The molecule has 122 valence electrons. The minimum atomic E-state index is -3.75. The van der Waals surface area contributed by atoms with E-state index in [2.05, 4.69) is 6.07 Å². The molecule has 0 aliphatic carbocycles. The number of amides is 1. The molecule has 1 amide bonds. The number of sulfonamides is 1. The molecule has 1 heterocycles. The zero-order valence-electron chi connectivity index (χ0n) is 12.9. The molecule has 1 aliphatic heterocycles. The number of rotatable bonds is 3. The quantitative estimate of drug-likeness (QED) is 0.920. The van der Waals surface area contributed by atoms with Crippen LogP contribution in [0.2, 0.25) is 0 Å². The van der Waals surface area contributed by atoms with Gasteiger partial charge in [0.05, 0.1) is 11.0 Å². The zero-order chi connectivity index (χ0) is 17.5. The Morgan fingerprint density at radius 3 is 2.46 bits per heavy atom. The predicted octanol–water partition coefficient (Wildman–Crippen LogP) is 1.86. The summed E-state index contributed by atoms with van der Waals surface area (Å²) in [6, 6.07) is 12.9. The molecule has 0 bridgehead atoms. The van der Waals surface area contributed by atoms with Crippen molar-refractivity contribution < 1.29 is 13.2 Å². The van der Waals surface area contributed by atoms with E-state index >= 15 is 0 Å². The summed E-state index contributed by atoms with van der Waals surface area (Å²) in [5.41, 5.74) is 2.96. The fourth-order valence-corrected chi connectivity index (χ4v) is 3.34. The maximum Gasteiger partial charge on any atom is 0.255 e. The van der Waals surface area contributed by atoms with Crippen LogP contribution in [0.4, 0.5) is 0 Å². The van der Waals surface area contributed by atoms with Crippen molar-refractivity contribution in [3.05, 3.63) is 64.7 Å². The Morgan fingerprint density at radius 2 is 1.88 bits per heavy atom. The summed E-state index contributed by atoms with van der Waals surface area (Å²) in [5.74, 6) is -0.202. The van der Waals surface area contributed by atoms with Crippen molar-refractivity contribution in [1.82, 2.24) is 4.90 Å². The third-order valence-electron chi connectivity index (χ3n) is 4.03.